The third kappa shape index (κ3) is 3.53. The number of nitrogens with zero attached hydrogens (tertiary/aromatic N) is 1. The van der Waals surface area contributed by atoms with Gasteiger partial charge >= 0.3 is 5.97 Å². The highest BCUT2D eigenvalue weighted by Crippen LogP contribution is 2.27. The number of esters is 1. The molecule has 0 aromatic rings. The molecule has 0 bridgehead atoms. The fourth-order valence-electron chi connectivity index (χ4n) is 1.07. The van der Waals surface area contributed by atoms with Gasteiger partial charge in [-0.1, -0.05) is 27.7 Å². The zero-order valence-corrected chi connectivity index (χ0v) is 10.5. The molecule has 0 radical (unpaired) electrons. The van der Waals surface area contributed by atoms with Crippen LogP contribution < -0.4 is 0 Å². The Hall–Kier alpha value is -1.06. The Morgan fingerprint density at radius 2 is 1.80 bits per heavy atom. The summed E-state index contributed by atoms with van der Waals surface area (Å²) >= 11 is 0. The van der Waals surface area contributed by atoms with Crippen LogP contribution in [0.15, 0.2) is 0 Å². The standard InChI is InChI=1S/C11H21NO3/c1-8(2)11(3,4)10(14)12(5)7-9(13)15-6/h8H,7H2,1-6H3. The first-order valence-corrected chi connectivity index (χ1v) is 5.05. The van der Waals surface area contributed by atoms with Crippen molar-refractivity contribution in [3.05, 3.63) is 0 Å². The molecule has 0 aliphatic rings. The van der Waals surface area contributed by atoms with Crippen molar-refractivity contribution in [3.8, 4) is 0 Å². The summed E-state index contributed by atoms with van der Waals surface area (Å²) in [5.74, 6) is -0.210. The predicted molar refractivity (Wildman–Crippen MR) is 58.3 cm³/mol. The number of methoxy groups -OCH3 is 1. The first-order valence-electron chi connectivity index (χ1n) is 5.05. The van der Waals surface area contributed by atoms with Gasteiger partial charge in [-0.05, 0) is 5.92 Å². The molecule has 0 rings (SSSR count). The summed E-state index contributed by atoms with van der Waals surface area (Å²) in [6.45, 7) is 7.75. The summed E-state index contributed by atoms with van der Waals surface area (Å²) < 4.78 is 4.51. The number of ether oxygens (including phenoxy) is 1. The lowest BCUT2D eigenvalue weighted by Gasteiger charge is -2.31. The molecule has 0 aromatic heterocycles. The van der Waals surface area contributed by atoms with E-state index in [9.17, 15) is 9.59 Å². The average Bonchev–Trinajstić information content (AvgIpc) is 2.15. The van der Waals surface area contributed by atoms with E-state index in [1.165, 1.54) is 12.0 Å². The van der Waals surface area contributed by atoms with E-state index >= 15 is 0 Å². The summed E-state index contributed by atoms with van der Waals surface area (Å²) in [5.41, 5.74) is -0.456. The highest BCUT2D eigenvalue weighted by atomic mass is 16.5. The molecule has 0 unspecified atom stereocenters. The third-order valence-electron chi connectivity index (χ3n) is 2.94. The lowest BCUT2D eigenvalue weighted by Crippen LogP contribution is -2.43. The van der Waals surface area contributed by atoms with Gasteiger partial charge in [-0.25, -0.2) is 0 Å². The van der Waals surface area contributed by atoms with Crippen LogP contribution in [0.25, 0.3) is 0 Å². The second-order valence-electron chi connectivity index (χ2n) is 4.61. The van der Waals surface area contributed by atoms with Gasteiger partial charge in [0.15, 0.2) is 0 Å². The zero-order valence-electron chi connectivity index (χ0n) is 10.5. The quantitative estimate of drug-likeness (QED) is 0.664. The molecule has 0 fully saturated rings. The Balaban J connectivity index is 4.51. The van der Waals surface area contributed by atoms with Crippen LogP contribution in [0.5, 0.6) is 0 Å². The minimum Gasteiger partial charge on any atom is -0.468 e. The van der Waals surface area contributed by atoms with E-state index in [1.807, 2.05) is 27.7 Å². The van der Waals surface area contributed by atoms with Gasteiger partial charge in [-0.15, -0.1) is 0 Å². The topological polar surface area (TPSA) is 46.6 Å². The van der Waals surface area contributed by atoms with Crippen LogP contribution in [-0.2, 0) is 14.3 Å². The van der Waals surface area contributed by atoms with Crippen LogP contribution in [0.4, 0.5) is 0 Å². The maximum Gasteiger partial charge on any atom is 0.325 e. The summed E-state index contributed by atoms with van der Waals surface area (Å²) in [7, 11) is 2.93. The lowest BCUT2D eigenvalue weighted by molar-refractivity contribution is -0.150. The molecule has 0 atom stereocenters. The van der Waals surface area contributed by atoms with E-state index < -0.39 is 11.4 Å². The molecule has 15 heavy (non-hydrogen) atoms. The summed E-state index contributed by atoms with van der Waals surface area (Å²) in [6, 6.07) is 0. The van der Waals surface area contributed by atoms with Gasteiger partial charge in [0.1, 0.15) is 6.54 Å². The maximum atomic E-state index is 12.0. The monoisotopic (exact) mass is 215 g/mol. The van der Waals surface area contributed by atoms with Crippen molar-refractivity contribution in [1.29, 1.82) is 0 Å². The summed E-state index contributed by atoms with van der Waals surface area (Å²) in [6.07, 6.45) is 0. The second kappa shape index (κ2) is 5.14. The van der Waals surface area contributed by atoms with Crippen molar-refractivity contribution in [2.45, 2.75) is 27.7 Å². The van der Waals surface area contributed by atoms with E-state index in [2.05, 4.69) is 4.74 Å². The summed E-state index contributed by atoms with van der Waals surface area (Å²) in [5, 5.41) is 0. The second-order valence-corrected chi connectivity index (χ2v) is 4.61. The normalized spacial score (nSPS) is 11.4. The molecule has 0 spiro atoms. The smallest absolute Gasteiger partial charge is 0.325 e. The zero-order chi connectivity index (χ0) is 12.2. The van der Waals surface area contributed by atoms with Crippen molar-refractivity contribution in [2.75, 3.05) is 20.7 Å². The van der Waals surface area contributed by atoms with Crippen LogP contribution in [0.2, 0.25) is 0 Å². The average molecular weight is 215 g/mol. The Morgan fingerprint density at radius 3 is 2.13 bits per heavy atom. The van der Waals surface area contributed by atoms with Crippen molar-refractivity contribution < 1.29 is 14.3 Å². The number of rotatable bonds is 4. The number of likely N-dealkylation sites (N-methyl/N-ethyl adjacent to an activating group) is 1. The van der Waals surface area contributed by atoms with Crippen molar-refractivity contribution in [3.63, 3.8) is 0 Å². The van der Waals surface area contributed by atoms with Crippen LogP contribution in [0.3, 0.4) is 0 Å². The molecule has 4 heteroatoms. The van der Waals surface area contributed by atoms with Gasteiger partial charge in [0.05, 0.1) is 7.11 Å². The Bertz CT molecular complexity index is 246. The number of amides is 1. The minimum absolute atomic E-state index is 0.00544. The molecule has 0 saturated carbocycles. The largest absolute Gasteiger partial charge is 0.468 e. The maximum absolute atomic E-state index is 12.0. The molecule has 0 N–H and O–H groups in total. The fraction of sp³-hybridized carbons (Fsp3) is 0.818. The van der Waals surface area contributed by atoms with Gasteiger partial charge in [-0.2, -0.15) is 0 Å². The summed E-state index contributed by atoms with van der Waals surface area (Å²) in [4.78, 5) is 24.4. The number of hydrogen-bond acceptors (Lipinski definition) is 3. The molecule has 4 nitrogen and oxygen atoms in total. The Kier molecular flexibility index (Phi) is 4.78. The third-order valence-corrected chi connectivity index (χ3v) is 2.94. The lowest BCUT2D eigenvalue weighted by atomic mass is 9.80. The molecular weight excluding hydrogens is 194 g/mol. The van der Waals surface area contributed by atoms with Gasteiger partial charge in [-0.3, -0.25) is 9.59 Å². The first-order chi connectivity index (χ1) is 6.73. The predicted octanol–water partition coefficient (Wildman–Crippen LogP) is 1.30. The van der Waals surface area contributed by atoms with Crippen molar-refractivity contribution >= 4 is 11.9 Å². The molecule has 0 aliphatic carbocycles. The van der Waals surface area contributed by atoms with Crippen LogP contribution in [0, 0.1) is 11.3 Å². The molecular formula is C11H21NO3. The molecule has 0 saturated heterocycles. The number of carbonyl (C=O) groups excluding carboxylic acids is 2. The van der Waals surface area contributed by atoms with Crippen LogP contribution >= 0.6 is 0 Å². The van der Waals surface area contributed by atoms with Crippen molar-refractivity contribution in [1.82, 2.24) is 4.90 Å². The SMILES string of the molecule is COC(=O)CN(C)C(=O)C(C)(C)C(C)C. The molecule has 0 aromatic carbocycles. The highest BCUT2D eigenvalue weighted by Gasteiger charge is 2.34. The van der Waals surface area contributed by atoms with E-state index in [1.54, 1.807) is 7.05 Å². The number of carbonyl (C=O) groups is 2. The van der Waals surface area contributed by atoms with Gasteiger partial charge in [0.2, 0.25) is 5.91 Å². The highest BCUT2D eigenvalue weighted by molar-refractivity contribution is 5.85. The van der Waals surface area contributed by atoms with E-state index in [0.717, 1.165) is 0 Å². The first kappa shape index (κ1) is 13.9. The van der Waals surface area contributed by atoms with Gasteiger partial charge in [0, 0.05) is 12.5 Å². The Morgan fingerprint density at radius 1 is 1.33 bits per heavy atom. The minimum atomic E-state index is -0.456. The molecule has 88 valence electrons. The number of hydrogen-bond donors (Lipinski definition) is 0. The molecule has 0 aliphatic heterocycles. The molecule has 0 heterocycles. The van der Waals surface area contributed by atoms with E-state index in [-0.39, 0.29) is 18.4 Å². The fourth-order valence-corrected chi connectivity index (χ4v) is 1.07. The molecule has 1 amide bonds. The van der Waals surface area contributed by atoms with Gasteiger partial charge < -0.3 is 9.64 Å². The van der Waals surface area contributed by atoms with E-state index in [0.29, 0.717) is 0 Å². The van der Waals surface area contributed by atoms with Crippen molar-refractivity contribution in [2.24, 2.45) is 11.3 Å². The Labute approximate surface area is 91.6 Å². The van der Waals surface area contributed by atoms with Crippen LogP contribution in [0.1, 0.15) is 27.7 Å². The van der Waals surface area contributed by atoms with Crippen LogP contribution in [-0.4, -0.2) is 37.5 Å². The van der Waals surface area contributed by atoms with Gasteiger partial charge in [0.25, 0.3) is 0 Å². The van der Waals surface area contributed by atoms with E-state index in [4.69, 9.17) is 0 Å².